The first-order valence-corrected chi connectivity index (χ1v) is 10.8. The van der Waals surface area contributed by atoms with Crippen LogP contribution in [0.1, 0.15) is 25.3 Å². The zero-order chi connectivity index (χ0) is 23.8. The van der Waals surface area contributed by atoms with Crippen molar-refractivity contribution < 1.29 is 27.8 Å². The van der Waals surface area contributed by atoms with Crippen LogP contribution in [-0.2, 0) is 9.59 Å². The topological polar surface area (TPSA) is 80.8 Å². The number of piperidine rings is 1. The number of carbonyl (C=O) groups excluding carboxylic acids is 2. The number of alkyl halides is 2. The fourth-order valence-corrected chi connectivity index (χ4v) is 3.51. The maximum atomic E-state index is 12.6. The molecule has 1 saturated heterocycles. The third-order valence-electron chi connectivity index (χ3n) is 5.06. The van der Waals surface area contributed by atoms with E-state index in [2.05, 4.69) is 15.0 Å². The Kier molecular flexibility index (Phi) is 8.59. The maximum Gasteiger partial charge on any atom is 0.387 e. The number of rotatable bonds is 8. The fraction of sp³-hybridized carbons (Fsp3) is 0.348. The van der Waals surface area contributed by atoms with Gasteiger partial charge in [-0.25, -0.2) is 4.98 Å². The van der Waals surface area contributed by atoms with Gasteiger partial charge in [-0.05, 0) is 55.7 Å². The Labute approximate surface area is 195 Å². The Hall–Kier alpha value is -3.20. The van der Waals surface area contributed by atoms with Gasteiger partial charge in [0.25, 0.3) is 0 Å². The van der Waals surface area contributed by atoms with Crippen molar-refractivity contribution >= 4 is 35.3 Å². The number of likely N-dealkylation sites (tertiary alicyclic amines) is 1. The standard InChI is InChI=1S/C23H24ClF2N3O4/c1-2-32-19-13-15(3-6-18(19)33-23(25)26)4-8-21(30)29-11-9-16(10-12-29)22(31)28-20-7-5-17(24)14-27-20/h3-8,13-14,16,23H,2,9-12H2,1H3,(H,27,28,31). The van der Waals surface area contributed by atoms with Crippen molar-refractivity contribution in [3.05, 3.63) is 53.2 Å². The molecule has 3 rings (SSSR count). The molecule has 1 aromatic carbocycles. The Balaban J connectivity index is 1.53. The summed E-state index contributed by atoms with van der Waals surface area (Å²) in [6.45, 7) is -0.0582. The van der Waals surface area contributed by atoms with Gasteiger partial charge in [0, 0.05) is 31.3 Å². The molecule has 0 bridgehead atoms. The number of ether oxygens (including phenoxy) is 2. The zero-order valence-electron chi connectivity index (χ0n) is 18.0. The van der Waals surface area contributed by atoms with E-state index >= 15 is 0 Å². The first kappa shape index (κ1) is 24.4. The van der Waals surface area contributed by atoms with E-state index in [-0.39, 0.29) is 35.8 Å². The number of aromatic nitrogens is 1. The second-order valence-electron chi connectivity index (χ2n) is 7.30. The number of hydrogen-bond donors (Lipinski definition) is 1. The number of anilines is 1. The number of pyridine rings is 1. The number of halogens is 3. The minimum atomic E-state index is -2.96. The third-order valence-corrected chi connectivity index (χ3v) is 5.28. The Bertz CT molecular complexity index is 994. The van der Waals surface area contributed by atoms with E-state index in [1.807, 2.05) is 0 Å². The molecule has 33 heavy (non-hydrogen) atoms. The van der Waals surface area contributed by atoms with E-state index in [4.69, 9.17) is 16.3 Å². The fourth-order valence-electron chi connectivity index (χ4n) is 3.40. The summed E-state index contributed by atoms with van der Waals surface area (Å²) < 4.78 is 34.8. The molecule has 1 N–H and O–H groups in total. The van der Waals surface area contributed by atoms with Crippen LogP contribution < -0.4 is 14.8 Å². The monoisotopic (exact) mass is 479 g/mol. The van der Waals surface area contributed by atoms with Gasteiger partial charge in [0.2, 0.25) is 11.8 Å². The summed E-state index contributed by atoms with van der Waals surface area (Å²) in [5, 5.41) is 3.25. The van der Waals surface area contributed by atoms with Crippen LogP contribution >= 0.6 is 11.6 Å². The lowest BCUT2D eigenvalue weighted by atomic mass is 9.96. The number of carbonyl (C=O) groups is 2. The molecule has 1 aromatic heterocycles. The lowest BCUT2D eigenvalue weighted by Crippen LogP contribution is -2.40. The lowest BCUT2D eigenvalue weighted by Gasteiger charge is -2.30. The second kappa shape index (κ2) is 11.6. The molecule has 1 aliphatic rings. The highest BCUT2D eigenvalue weighted by Gasteiger charge is 2.26. The van der Waals surface area contributed by atoms with Crippen LogP contribution in [0.3, 0.4) is 0 Å². The molecule has 0 saturated carbocycles. The summed E-state index contributed by atoms with van der Waals surface area (Å²) in [6, 6.07) is 7.75. The molecule has 176 valence electrons. The molecule has 0 aliphatic carbocycles. The number of hydrogen-bond acceptors (Lipinski definition) is 5. The predicted molar refractivity (Wildman–Crippen MR) is 120 cm³/mol. The highest BCUT2D eigenvalue weighted by molar-refractivity contribution is 6.30. The predicted octanol–water partition coefficient (Wildman–Crippen LogP) is 4.63. The van der Waals surface area contributed by atoms with E-state index in [1.54, 1.807) is 36.1 Å². The van der Waals surface area contributed by atoms with Gasteiger partial charge in [0.15, 0.2) is 11.5 Å². The minimum absolute atomic E-state index is 0.0653. The summed E-state index contributed by atoms with van der Waals surface area (Å²) >= 11 is 5.80. The van der Waals surface area contributed by atoms with Crippen molar-refractivity contribution in [1.82, 2.24) is 9.88 Å². The average Bonchev–Trinajstić information content (AvgIpc) is 2.80. The summed E-state index contributed by atoms with van der Waals surface area (Å²) in [7, 11) is 0. The molecule has 2 heterocycles. The van der Waals surface area contributed by atoms with E-state index < -0.39 is 6.61 Å². The third kappa shape index (κ3) is 7.15. The van der Waals surface area contributed by atoms with Gasteiger partial charge in [0.1, 0.15) is 5.82 Å². The van der Waals surface area contributed by atoms with Gasteiger partial charge in [-0.15, -0.1) is 0 Å². The van der Waals surface area contributed by atoms with Crippen LogP contribution in [0.25, 0.3) is 6.08 Å². The van der Waals surface area contributed by atoms with Crippen LogP contribution in [0.4, 0.5) is 14.6 Å². The van der Waals surface area contributed by atoms with E-state index in [0.717, 1.165) is 0 Å². The van der Waals surface area contributed by atoms with Gasteiger partial charge in [0.05, 0.1) is 11.6 Å². The van der Waals surface area contributed by atoms with E-state index in [9.17, 15) is 18.4 Å². The van der Waals surface area contributed by atoms with E-state index in [1.165, 1.54) is 24.4 Å². The average molecular weight is 480 g/mol. The zero-order valence-corrected chi connectivity index (χ0v) is 18.7. The molecular weight excluding hydrogens is 456 g/mol. The molecule has 0 unspecified atom stereocenters. The van der Waals surface area contributed by atoms with Gasteiger partial charge in [-0.1, -0.05) is 17.7 Å². The molecule has 0 spiro atoms. The van der Waals surface area contributed by atoms with Gasteiger partial charge < -0.3 is 19.7 Å². The Morgan fingerprint density at radius 1 is 1.24 bits per heavy atom. The van der Waals surface area contributed by atoms with Crippen molar-refractivity contribution in [1.29, 1.82) is 0 Å². The first-order valence-electron chi connectivity index (χ1n) is 10.5. The minimum Gasteiger partial charge on any atom is -0.490 e. The van der Waals surface area contributed by atoms with Gasteiger partial charge in [-0.2, -0.15) is 8.78 Å². The Morgan fingerprint density at radius 3 is 2.64 bits per heavy atom. The smallest absolute Gasteiger partial charge is 0.387 e. The summed E-state index contributed by atoms with van der Waals surface area (Å²) in [5.74, 6) is -0.00568. The summed E-state index contributed by atoms with van der Waals surface area (Å²) in [6.07, 6.45) is 5.53. The normalized spacial score (nSPS) is 14.5. The SMILES string of the molecule is CCOc1cc(C=CC(=O)N2CCC(C(=O)Nc3ccc(Cl)cn3)CC2)ccc1OC(F)F. The molecular formula is C23H24ClF2N3O4. The van der Waals surface area contributed by atoms with Crippen LogP contribution in [0.15, 0.2) is 42.6 Å². The number of nitrogens with zero attached hydrogens (tertiary/aromatic N) is 2. The van der Waals surface area contributed by atoms with Crippen LogP contribution in [0.2, 0.25) is 5.02 Å². The summed E-state index contributed by atoms with van der Waals surface area (Å²) in [5.41, 5.74) is 0.609. The van der Waals surface area contributed by atoms with Gasteiger partial charge >= 0.3 is 6.61 Å². The van der Waals surface area contributed by atoms with Crippen molar-refractivity contribution in [2.75, 3.05) is 25.0 Å². The Morgan fingerprint density at radius 2 is 2.00 bits per heavy atom. The molecule has 2 amide bonds. The second-order valence-corrected chi connectivity index (χ2v) is 7.74. The van der Waals surface area contributed by atoms with Crippen molar-refractivity contribution in [3.63, 3.8) is 0 Å². The highest BCUT2D eigenvalue weighted by atomic mass is 35.5. The number of amides is 2. The largest absolute Gasteiger partial charge is 0.490 e. The molecule has 2 aromatic rings. The number of nitrogens with one attached hydrogen (secondary N) is 1. The van der Waals surface area contributed by atoms with Crippen molar-refractivity contribution in [2.45, 2.75) is 26.4 Å². The molecule has 0 atom stereocenters. The van der Waals surface area contributed by atoms with Crippen molar-refractivity contribution in [3.8, 4) is 11.5 Å². The molecule has 0 radical (unpaired) electrons. The van der Waals surface area contributed by atoms with Crippen LogP contribution in [0, 0.1) is 5.92 Å². The van der Waals surface area contributed by atoms with Gasteiger partial charge in [-0.3, -0.25) is 9.59 Å². The molecule has 1 aliphatic heterocycles. The number of benzene rings is 1. The maximum absolute atomic E-state index is 12.6. The molecule has 10 heteroatoms. The van der Waals surface area contributed by atoms with Crippen molar-refractivity contribution in [2.24, 2.45) is 5.92 Å². The molecule has 7 nitrogen and oxygen atoms in total. The molecule has 1 fully saturated rings. The lowest BCUT2D eigenvalue weighted by molar-refractivity contribution is -0.130. The first-order chi connectivity index (χ1) is 15.9. The van der Waals surface area contributed by atoms with E-state index in [0.29, 0.717) is 42.3 Å². The summed E-state index contributed by atoms with van der Waals surface area (Å²) in [4.78, 5) is 30.7. The van der Waals surface area contributed by atoms with Crippen LogP contribution in [0.5, 0.6) is 11.5 Å². The van der Waals surface area contributed by atoms with Crippen LogP contribution in [-0.4, -0.2) is 48.0 Å². The highest BCUT2D eigenvalue weighted by Crippen LogP contribution is 2.30. The quantitative estimate of drug-likeness (QED) is 0.558.